The fraction of sp³-hybridized carbons (Fsp3) is 0.188. The number of aryl methyl sites for hydroxylation is 1. The van der Waals surface area contributed by atoms with Crippen molar-refractivity contribution in [3.8, 4) is 17.2 Å². The van der Waals surface area contributed by atoms with Gasteiger partial charge in [-0.3, -0.25) is 4.79 Å². The number of nitrogens with zero attached hydrogens (tertiary/aromatic N) is 2. The van der Waals surface area contributed by atoms with E-state index < -0.39 is 0 Å². The molecule has 1 aliphatic heterocycles. The Morgan fingerprint density at radius 3 is 2.48 bits per heavy atom. The average molecular weight is 551 g/mol. The number of ether oxygens (including phenoxy) is 2. The van der Waals surface area contributed by atoms with Crippen molar-refractivity contribution in [2.75, 3.05) is 17.7 Å². The highest BCUT2D eigenvalue weighted by Gasteiger charge is 2.15. The molecule has 6 rings (SSSR count). The van der Waals surface area contributed by atoms with Crippen LogP contribution in [0.25, 0.3) is 11.0 Å². The summed E-state index contributed by atoms with van der Waals surface area (Å²) < 4.78 is 14.2. The van der Waals surface area contributed by atoms with E-state index in [9.17, 15) is 4.79 Å². The number of benzene rings is 4. The summed E-state index contributed by atoms with van der Waals surface area (Å²) in [5.41, 5.74) is 4.48. The highest BCUT2D eigenvalue weighted by atomic mass is 32.2. The number of nitrogens with one attached hydrogen (secondary N) is 2. The minimum Gasteiger partial charge on any atom is -0.486 e. The predicted octanol–water partition coefficient (Wildman–Crippen LogP) is 6.40. The molecule has 1 aromatic heterocycles. The second kappa shape index (κ2) is 11.9. The highest BCUT2D eigenvalue weighted by molar-refractivity contribution is 8.00. The molecule has 1 saturated heterocycles. The Morgan fingerprint density at radius 1 is 0.975 bits per heavy atom. The smallest absolute Gasteiger partial charge is 0.255 e. The molecule has 2 heterocycles. The average Bonchev–Trinajstić information content (AvgIpc) is 3.61. The van der Waals surface area contributed by atoms with Crippen LogP contribution in [0.5, 0.6) is 17.2 Å². The predicted molar refractivity (Wildman–Crippen MR) is 160 cm³/mol. The SMILES string of the molecule is Cn1c(COc2ccc(CC3CNCS3)cc2)nc2ccc(Oc3ccc(NC(=O)c4ccccc4)cc3)cc21. The van der Waals surface area contributed by atoms with Gasteiger partial charge in [0.15, 0.2) is 0 Å². The van der Waals surface area contributed by atoms with Crippen molar-refractivity contribution < 1.29 is 14.3 Å². The molecule has 202 valence electrons. The van der Waals surface area contributed by atoms with Crippen molar-refractivity contribution in [1.82, 2.24) is 14.9 Å². The molecule has 0 spiro atoms. The number of anilines is 1. The summed E-state index contributed by atoms with van der Waals surface area (Å²) in [6.45, 7) is 1.45. The van der Waals surface area contributed by atoms with E-state index in [1.807, 2.05) is 96.2 Å². The summed E-state index contributed by atoms with van der Waals surface area (Å²) >= 11 is 1.98. The maximum Gasteiger partial charge on any atom is 0.255 e. The van der Waals surface area contributed by atoms with Gasteiger partial charge in [0.2, 0.25) is 0 Å². The Balaban J connectivity index is 1.07. The fourth-order valence-corrected chi connectivity index (χ4v) is 5.68. The van der Waals surface area contributed by atoms with Crippen molar-refractivity contribution in [1.29, 1.82) is 0 Å². The molecule has 1 amide bonds. The molecule has 0 saturated carbocycles. The molecule has 4 aromatic carbocycles. The van der Waals surface area contributed by atoms with E-state index in [1.165, 1.54) is 5.56 Å². The lowest BCUT2D eigenvalue weighted by Crippen LogP contribution is -2.14. The zero-order valence-electron chi connectivity index (χ0n) is 22.2. The molecule has 5 aromatic rings. The van der Waals surface area contributed by atoms with Gasteiger partial charge in [-0.15, -0.1) is 11.8 Å². The molecule has 40 heavy (non-hydrogen) atoms. The van der Waals surface area contributed by atoms with Crippen molar-refractivity contribution in [3.63, 3.8) is 0 Å². The zero-order chi connectivity index (χ0) is 27.3. The molecule has 2 N–H and O–H groups in total. The Labute approximate surface area is 237 Å². The summed E-state index contributed by atoms with van der Waals surface area (Å²) in [5.74, 6) is 3.94. The van der Waals surface area contributed by atoms with Gasteiger partial charge in [-0.25, -0.2) is 4.98 Å². The van der Waals surface area contributed by atoms with Crippen molar-refractivity contribution in [2.24, 2.45) is 7.05 Å². The normalized spacial score (nSPS) is 14.8. The first-order valence-electron chi connectivity index (χ1n) is 13.2. The van der Waals surface area contributed by atoms with Crippen LogP contribution in [0.4, 0.5) is 5.69 Å². The molecule has 8 heteroatoms. The van der Waals surface area contributed by atoms with Crippen LogP contribution in [-0.2, 0) is 20.1 Å². The Bertz CT molecular complexity index is 1600. The van der Waals surface area contributed by atoms with E-state index in [2.05, 4.69) is 22.8 Å². The lowest BCUT2D eigenvalue weighted by molar-refractivity contribution is 0.102. The van der Waals surface area contributed by atoms with E-state index in [1.54, 1.807) is 12.1 Å². The summed E-state index contributed by atoms with van der Waals surface area (Å²) in [4.78, 5) is 17.1. The molecule has 1 unspecified atom stereocenters. The third kappa shape index (κ3) is 6.14. The first kappa shape index (κ1) is 26.0. The monoisotopic (exact) mass is 550 g/mol. The van der Waals surface area contributed by atoms with Crippen LogP contribution in [0.15, 0.2) is 97.1 Å². The zero-order valence-corrected chi connectivity index (χ0v) is 23.0. The lowest BCUT2D eigenvalue weighted by Gasteiger charge is -2.10. The van der Waals surface area contributed by atoms with Crippen LogP contribution in [-0.4, -0.2) is 33.1 Å². The number of thioether (sulfide) groups is 1. The van der Waals surface area contributed by atoms with Crippen LogP contribution in [0.2, 0.25) is 0 Å². The number of rotatable bonds is 9. The molecule has 1 fully saturated rings. The Hall–Kier alpha value is -4.27. The van der Waals surface area contributed by atoms with Crippen molar-refractivity contribution >= 4 is 34.4 Å². The fourth-order valence-electron chi connectivity index (χ4n) is 4.67. The number of imidazole rings is 1. The largest absolute Gasteiger partial charge is 0.486 e. The number of carbonyl (C=O) groups excluding carboxylic acids is 1. The molecular formula is C32H30N4O3S. The van der Waals surface area contributed by atoms with Gasteiger partial charge in [0.1, 0.15) is 29.7 Å². The van der Waals surface area contributed by atoms with Crippen molar-refractivity contribution in [2.45, 2.75) is 18.3 Å². The minimum absolute atomic E-state index is 0.149. The number of carbonyl (C=O) groups is 1. The first-order valence-corrected chi connectivity index (χ1v) is 14.3. The molecule has 0 aliphatic carbocycles. The highest BCUT2D eigenvalue weighted by Crippen LogP contribution is 2.28. The summed E-state index contributed by atoms with van der Waals surface area (Å²) in [5, 5.41) is 6.94. The van der Waals surface area contributed by atoms with Gasteiger partial charge in [0.05, 0.1) is 11.0 Å². The Morgan fingerprint density at radius 2 is 1.73 bits per heavy atom. The van der Waals surface area contributed by atoms with E-state index in [0.29, 0.717) is 34.6 Å². The standard InChI is InChI=1S/C32H30N4O3S/c1-36-30-18-27(39-26-13-9-24(10-14-26)34-32(37)23-5-3-2-4-6-23)15-16-29(30)35-31(36)20-38-25-11-7-22(8-12-25)17-28-19-33-21-40-28/h2-16,18,28,33H,17,19-21H2,1H3,(H,34,37). The van der Waals surface area contributed by atoms with E-state index in [0.717, 1.165) is 41.4 Å². The number of hydrogen-bond donors (Lipinski definition) is 2. The molecule has 0 bridgehead atoms. The summed E-state index contributed by atoms with van der Waals surface area (Å²) in [6, 6.07) is 30.7. The summed E-state index contributed by atoms with van der Waals surface area (Å²) in [7, 11) is 1.98. The second-order valence-electron chi connectivity index (χ2n) is 9.71. The van der Waals surface area contributed by atoms with E-state index in [-0.39, 0.29) is 5.91 Å². The number of fused-ring (bicyclic) bond motifs is 1. The van der Waals surface area contributed by atoms with E-state index >= 15 is 0 Å². The van der Waals surface area contributed by atoms with Gasteiger partial charge < -0.3 is 24.7 Å². The number of aromatic nitrogens is 2. The quantitative estimate of drug-likeness (QED) is 0.221. The Kier molecular flexibility index (Phi) is 7.70. The maximum atomic E-state index is 12.4. The second-order valence-corrected chi connectivity index (χ2v) is 11.0. The van der Waals surface area contributed by atoms with Crippen molar-refractivity contribution in [3.05, 3.63) is 114 Å². The van der Waals surface area contributed by atoms with Gasteiger partial charge in [-0.2, -0.15) is 0 Å². The van der Waals surface area contributed by atoms with E-state index in [4.69, 9.17) is 14.5 Å². The van der Waals surface area contributed by atoms with Crippen LogP contribution in [0.1, 0.15) is 21.7 Å². The third-order valence-electron chi connectivity index (χ3n) is 6.88. The summed E-state index contributed by atoms with van der Waals surface area (Å²) in [6.07, 6.45) is 1.07. The molecule has 0 radical (unpaired) electrons. The first-order chi connectivity index (χ1) is 19.6. The third-order valence-corrected chi connectivity index (χ3v) is 8.05. The minimum atomic E-state index is -0.149. The molecule has 1 atom stereocenters. The maximum absolute atomic E-state index is 12.4. The molecular weight excluding hydrogens is 520 g/mol. The molecule has 1 aliphatic rings. The van der Waals surface area contributed by atoms with Crippen LogP contribution < -0.4 is 20.1 Å². The van der Waals surface area contributed by atoms with Gasteiger partial charge in [0.25, 0.3) is 5.91 Å². The van der Waals surface area contributed by atoms with Gasteiger partial charge in [0, 0.05) is 42.0 Å². The number of amides is 1. The van der Waals surface area contributed by atoms with Gasteiger partial charge >= 0.3 is 0 Å². The van der Waals surface area contributed by atoms with Gasteiger partial charge in [-0.05, 0) is 72.6 Å². The van der Waals surface area contributed by atoms with Crippen LogP contribution >= 0.6 is 11.8 Å². The van der Waals surface area contributed by atoms with Crippen LogP contribution in [0, 0.1) is 0 Å². The van der Waals surface area contributed by atoms with Crippen LogP contribution in [0.3, 0.4) is 0 Å². The lowest BCUT2D eigenvalue weighted by atomic mass is 10.1. The van der Waals surface area contributed by atoms with Gasteiger partial charge in [-0.1, -0.05) is 30.3 Å². The number of hydrogen-bond acceptors (Lipinski definition) is 6. The molecule has 7 nitrogen and oxygen atoms in total. The topological polar surface area (TPSA) is 77.4 Å².